The van der Waals surface area contributed by atoms with Crippen LogP contribution in [0.5, 0.6) is 5.75 Å². The van der Waals surface area contributed by atoms with Crippen molar-refractivity contribution in [3.05, 3.63) is 29.8 Å². The highest BCUT2D eigenvalue weighted by atomic mass is 16.5. The summed E-state index contributed by atoms with van der Waals surface area (Å²) in [7, 11) is 1.89. The van der Waals surface area contributed by atoms with Gasteiger partial charge < -0.3 is 9.64 Å². The Balaban J connectivity index is 2.20. The van der Waals surface area contributed by atoms with E-state index in [-0.39, 0.29) is 11.9 Å². The van der Waals surface area contributed by atoms with Crippen molar-refractivity contribution < 1.29 is 9.53 Å². The number of nitrogens with zero attached hydrogens (tertiary/aromatic N) is 1. The van der Waals surface area contributed by atoms with E-state index >= 15 is 0 Å². The molecule has 3 nitrogen and oxygen atoms in total. The van der Waals surface area contributed by atoms with E-state index in [2.05, 4.69) is 6.07 Å². The maximum absolute atomic E-state index is 11.9. The molecule has 1 aromatic rings. The first kappa shape index (κ1) is 12.0. The van der Waals surface area contributed by atoms with Crippen LogP contribution in [-0.2, 0) is 4.79 Å². The van der Waals surface area contributed by atoms with E-state index in [1.54, 1.807) is 0 Å². The van der Waals surface area contributed by atoms with Crippen molar-refractivity contribution in [1.82, 2.24) is 4.90 Å². The van der Waals surface area contributed by atoms with Crippen LogP contribution in [0.15, 0.2) is 24.3 Å². The summed E-state index contributed by atoms with van der Waals surface area (Å²) in [4.78, 5) is 13.8. The van der Waals surface area contributed by atoms with Crippen LogP contribution in [0.25, 0.3) is 0 Å². The van der Waals surface area contributed by atoms with Crippen molar-refractivity contribution in [3.63, 3.8) is 0 Å². The summed E-state index contributed by atoms with van der Waals surface area (Å²) in [5.74, 6) is 1.13. The first-order valence-corrected chi connectivity index (χ1v) is 6.21. The molecule has 0 fully saturated rings. The van der Waals surface area contributed by atoms with E-state index in [0.717, 1.165) is 24.2 Å². The van der Waals surface area contributed by atoms with Gasteiger partial charge in [-0.2, -0.15) is 0 Å². The zero-order chi connectivity index (χ0) is 12.3. The molecule has 17 heavy (non-hydrogen) atoms. The predicted octanol–water partition coefficient (Wildman–Crippen LogP) is 2.77. The molecule has 1 aromatic carbocycles. The molecular formula is C14H19NO2. The average Bonchev–Trinajstić information content (AvgIpc) is 2.37. The number of fused-ring (bicyclic) bond motifs is 1. The number of benzene rings is 1. The van der Waals surface area contributed by atoms with Crippen molar-refractivity contribution in [2.75, 3.05) is 13.7 Å². The summed E-state index contributed by atoms with van der Waals surface area (Å²) in [6, 6.07) is 8.15. The number of hydrogen-bond donors (Lipinski definition) is 0. The lowest BCUT2D eigenvalue weighted by molar-refractivity contribution is -0.132. The fourth-order valence-corrected chi connectivity index (χ4v) is 2.29. The fraction of sp³-hybridized carbons (Fsp3) is 0.500. The van der Waals surface area contributed by atoms with Gasteiger partial charge in [-0.3, -0.25) is 4.79 Å². The second kappa shape index (κ2) is 5.21. The molecule has 3 heteroatoms. The molecule has 2 rings (SSSR count). The first-order chi connectivity index (χ1) is 8.24. The Labute approximate surface area is 102 Å². The lowest BCUT2D eigenvalue weighted by Crippen LogP contribution is -2.34. The third-order valence-electron chi connectivity index (χ3n) is 3.25. The van der Waals surface area contributed by atoms with E-state index < -0.39 is 0 Å². The van der Waals surface area contributed by atoms with Gasteiger partial charge >= 0.3 is 0 Å². The Morgan fingerprint density at radius 3 is 3.00 bits per heavy atom. The third-order valence-corrected chi connectivity index (χ3v) is 3.25. The minimum Gasteiger partial charge on any atom is -0.493 e. The van der Waals surface area contributed by atoms with Crippen LogP contribution >= 0.6 is 0 Å². The summed E-state index contributed by atoms with van der Waals surface area (Å²) >= 11 is 0. The second-order valence-electron chi connectivity index (χ2n) is 4.45. The minimum atomic E-state index is 0.166. The van der Waals surface area contributed by atoms with Crippen molar-refractivity contribution in [3.8, 4) is 5.75 Å². The largest absolute Gasteiger partial charge is 0.493 e. The molecule has 0 saturated carbocycles. The van der Waals surface area contributed by atoms with Crippen molar-refractivity contribution >= 4 is 5.91 Å². The van der Waals surface area contributed by atoms with Gasteiger partial charge in [0.25, 0.3) is 0 Å². The summed E-state index contributed by atoms with van der Waals surface area (Å²) in [5.41, 5.74) is 1.13. The van der Waals surface area contributed by atoms with Gasteiger partial charge in [0.1, 0.15) is 5.75 Å². The maximum atomic E-state index is 11.9. The van der Waals surface area contributed by atoms with Gasteiger partial charge in [-0.05, 0) is 12.5 Å². The van der Waals surface area contributed by atoms with Crippen molar-refractivity contribution in [1.29, 1.82) is 0 Å². The minimum absolute atomic E-state index is 0.166. The SMILES string of the molecule is CCCC(=O)N(C)C1CCOc2ccccc21. The molecule has 1 heterocycles. The number of rotatable bonds is 3. The Morgan fingerprint density at radius 2 is 2.24 bits per heavy atom. The molecule has 1 unspecified atom stereocenters. The molecule has 0 saturated heterocycles. The number of para-hydroxylation sites is 1. The van der Waals surface area contributed by atoms with E-state index in [1.165, 1.54) is 0 Å². The molecule has 1 amide bonds. The maximum Gasteiger partial charge on any atom is 0.222 e. The van der Waals surface area contributed by atoms with E-state index in [0.29, 0.717) is 13.0 Å². The van der Waals surface area contributed by atoms with Crippen LogP contribution in [0, 0.1) is 0 Å². The standard InChI is InChI=1S/C14H19NO2/c1-3-6-14(16)15(2)12-9-10-17-13-8-5-4-7-11(12)13/h4-5,7-8,12H,3,6,9-10H2,1-2H3. The third kappa shape index (κ3) is 2.43. The smallest absolute Gasteiger partial charge is 0.222 e. The highest BCUT2D eigenvalue weighted by Gasteiger charge is 2.26. The van der Waals surface area contributed by atoms with Crippen LogP contribution < -0.4 is 4.74 Å². The summed E-state index contributed by atoms with van der Waals surface area (Å²) in [5, 5.41) is 0. The van der Waals surface area contributed by atoms with Gasteiger partial charge in [0, 0.05) is 25.5 Å². The molecule has 1 aliphatic heterocycles. The molecule has 0 spiro atoms. The number of amides is 1. The molecule has 0 aliphatic carbocycles. The van der Waals surface area contributed by atoms with E-state index in [4.69, 9.17) is 4.74 Å². The Morgan fingerprint density at radius 1 is 1.47 bits per heavy atom. The van der Waals surface area contributed by atoms with Gasteiger partial charge in [-0.25, -0.2) is 0 Å². The van der Waals surface area contributed by atoms with Crippen LogP contribution in [0.4, 0.5) is 0 Å². The Kier molecular flexibility index (Phi) is 3.67. The highest BCUT2D eigenvalue weighted by Crippen LogP contribution is 2.35. The van der Waals surface area contributed by atoms with Gasteiger partial charge in [0.2, 0.25) is 5.91 Å². The number of ether oxygens (including phenoxy) is 1. The topological polar surface area (TPSA) is 29.5 Å². The Bertz CT molecular complexity index is 403. The highest BCUT2D eigenvalue weighted by molar-refractivity contribution is 5.76. The lowest BCUT2D eigenvalue weighted by Gasteiger charge is -2.33. The van der Waals surface area contributed by atoms with Gasteiger partial charge in [0.15, 0.2) is 0 Å². The second-order valence-corrected chi connectivity index (χ2v) is 4.45. The number of carbonyl (C=O) groups excluding carboxylic acids is 1. The fourth-order valence-electron chi connectivity index (χ4n) is 2.29. The molecule has 0 aromatic heterocycles. The lowest BCUT2D eigenvalue weighted by atomic mass is 9.99. The molecule has 0 bridgehead atoms. The monoisotopic (exact) mass is 233 g/mol. The van der Waals surface area contributed by atoms with Crippen LogP contribution in [-0.4, -0.2) is 24.5 Å². The van der Waals surface area contributed by atoms with Crippen LogP contribution in [0.1, 0.15) is 37.8 Å². The van der Waals surface area contributed by atoms with Crippen LogP contribution in [0.3, 0.4) is 0 Å². The summed E-state index contributed by atoms with van der Waals surface area (Å²) in [6.07, 6.45) is 2.40. The van der Waals surface area contributed by atoms with Gasteiger partial charge in [0.05, 0.1) is 12.6 Å². The van der Waals surface area contributed by atoms with E-state index in [9.17, 15) is 4.79 Å². The summed E-state index contributed by atoms with van der Waals surface area (Å²) < 4.78 is 5.61. The van der Waals surface area contributed by atoms with Crippen LogP contribution in [0.2, 0.25) is 0 Å². The van der Waals surface area contributed by atoms with E-state index in [1.807, 2.05) is 37.1 Å². The summed E-state index contributed by atoms with van der Waals surface area (Å²) in [6.45, 7) is 2.72. The molecule has 1 atom stereocenters. The normalized spacial score (nSPS) is 18.1. The van der Waals surface area contributed by atoms with Crippen molar-refractivity contribution in [2.45, 2.75) is 32.2 Å². The quantitative estimate of drug-likeness (QED) is 0.803. The van der Waals surface area contributed by atoms with Gasteiger partial charge in [-0.1, -0.05) is 25.1 Å². The molecule has 1 aliphatic rings. The first-order valence-electron chi connectivity index (χ1n) is 6.21. The zero-order valence-corrected chi connectivity index (χ0v) is 10.5. The number of hydrogen-bond acceptors (Lipinski definition) is 2. The molecule has 0 N–H and O–H groups in total. The zero-order valence-electron chi connectivity index (χ0n) is 10.5. The molecule has 92 valence electrons. The Hall–Kier alpha value is -1.51. The predicted molar refractivity (Wildman–Crippen MR) is 67.0 cm³/mol. The number of carbonyl (C=O) groups is 1. The van der Waals surface area contributed by atoms with Crippen molar-refractivity contribution in [2.24, 2.45) is 0 Å². The van der Waals surface area contributed by atoms with Gasteiger partial charge in [-0.15, -0.1) is 0 Å². The molecule has 0 radical (unpaired) electrons. The average molecular weight is 233 g/mol. The molecular weight excluding hydrogens is 214 g/mol.